The Kier molecular flexibility index (Phi) is 4.84. The number of hydrogen-bond donors (Lipinski definition) is 1. The van der Waals surface area contributed by atoms with Gasteiger partial charge in [-0.25, -0.2) is 0 Å². The summed E-state index contributed by atoms with van der Waals surface area (Å²) in [6.45, 7) is 4.63. The third-order valence-electron chi connectivity index (χ3n) is 2.44. The second-order valence-electron chi connectivity index (χ2n) is 3.21. The fourth-order valence-corrected chi connectivity index (χ4v) is 4.79. The van der Waals surface area contributed by atoms with Gasteiger partial charge in [-0.2, -0.15) is 23.5 Å². The normalized spacial score (nSPS) is 33.2. The Labute approximate surface area is 84.4 Å². The van der Waals surface area contributed by atoms with Crippen LogP contribution < -0.4 is 5.32 Å². The predicted molar refractivity (Wildman–Crippen MR) is 61.3 cm³/mol. The van der Waals surface area contributed by atoms with Gasteiger partial charge >= 0.3 is 0 Å². The van der Waals surface area contributed by atoms with Crippen LogP contribution in [0.1, 0.15) is 20.3 Å². The molecule has 1 rings (SSSR count). The van der Waals surface area contributed by atoms with Crippen LogP contribution >= 0.6 is 23.5 Å². The quantitative estimate of drug-likeness (QED) is 0.759. The molecule has 0 aromatic rings. The van der Waals surface area contributed by atoms with E-state index in [0.717, 1.165) is 10.5 Å². The molecule has 72 valence electrons. The highest BCUT2D eigenvalue weighted by Crippen LogP contribution is 2.33. The molecule has 1 N–H and O–H groups in total. The molecule has 3 unspecified atom stereocenters. The van der Waals surface area contributed by atoms with E-state index in [4.69, 9.17) is 0 Å². The molecule has 1 saturated heterocycles. The first-order chi connectivity index (χ1) is 5.79. The zero-order valence-corrected chi connectivity index (χ0v) is 9.80. The molecule has 3 atom stereocenters. The fraction of sp³-hybridized carbons (Fsp3) is 1.00. The lowest BCUT2D eigenvalue weighted by Crippen LogP contribution is -2.42. The van der Waals surface area contributed by atoms with Gasteiger partial charge < -0.3 is 5.32 Å². The Morgan fingerprint density at radius 2 is 2.08 bits per heavy atom. The summed E-state index contributed by atoms with van der Waals surface area (Å²) in [6.07, 6.45) is 1.25. The lowest BCUT2D eigenvalue weighted by molar-refractivity contribution is 0.519. The molecule has 12 heavy (non-hydrogen) atoms. The minimum atomic E-state index is 0.706. The van der Waals surface area contributed by atoms with E-state index in [-0.39, 0.29) is 0 Å². The van der Waals surface area contributed by atoms with Crippen molar-refractivity contribution in [2.24, 2.45) is 0 Å². The van der Waals surface area contributed by atoms with E-state index >= 15 is 0 Å². The minimum Gasteiger partial charge on any atom is -0.316 e. The first-order valence-corrected chi connectivity index (χ1v) is 6.79. The Balaban J connectivity index is 2.45. The first kappa shape index (κ1) is 10.7. The lowest BCUT2D eigenvalue weighted by Gasteiger charge is -2.33. The van der Waals surface area contributed by atoms with Crippen molar-refractivity contribution < 1.29 is 0 Å². The number of nitrogens with one attached hydrogen (secondary N) is 1. The first-order valence-electron chi connectivity index (χ1n) is 4.70. The van der Waals surface area contributed by atoms with Crippen molar-refractivity contribution in [3.63, 3.8) is 0 Å². The Morgan fingerprint density at radius 1 is 1.42 bits per heavy atom. The predicted octanol–water partition coefficient (Wildman–Crippen LogP) is 2.22. The highest BCUT2D eigenvalue weighted by Gasteiger charge is 2.27. The summed E-state index contributed by atoms with van der Waals surface area (Å²) in [5.74, 6) is 2.67. The zero-order valence-electron chi connectivity index (χ0n) is 8.17. The number of rotatable bonds is 3. The maximum atomic E-state index is 3.42. The summed E-state index contributed by atoms with van der Waals surface area (Å²) in [7, 11) is 2.08. The highest BCUT2D eigenvalue weighted by molar-refractivity contribution is 8.07. The second-order valence-corrected chi connectivity index (χ2v) is 5.99. The van der Waals surface area contributed by atoms with Crippen molar-refractivity contribution in [3.05, 3.63) is 0 Å². The molecule has 0 radical (unpaired) electrons. The average molecular weight is 205 g/mol. The van der Waals surface area contributed by atoms with Crippen LogP contribution in [0.15, 0.2) is 0 Å². The molecule has 0 amide bonds. The van der Waals surface area contributed by atoms with Gasteiger partial charge in [-0.15, -0.1) is 0 Å². The summed E-state index contributed by atoms with van der Waals surface area (Å²) in [6, 6.07) is 0.706. The standard InChI is InChI=1S/C9H19NS2/c1-4-8(10-3)9-7(2)11-5-6-12-9/h7-10H,4-6H2,1-3H3. The summed E-state index contributed by atoms with van der Waals surface area (Å²) < 4.78 is 0. The Morgan fingerprint density at radius 3 is 2.58 bits per heavy atom. The van der Waals surface area contributed by atoms with Gasteiger partial charge in [-0.05, 0) is 13.5 Å². The lowest BCUT2D eigenvalue weighted by atomic mass is 10.1. The second kappa shape index (κ2) is 5.40. The summed E-state index contributed by atoms with van der Waals surface area (Å²) in [5, 5.41) is 5.06. The zero-order chi connectivity index (χ0) is 8.97. The van der Waals surface area contributed by atoms with E-state index in [2.05, 4.69) is 49.7 Å². The molecule has 0 aliphatic carbocycles. The number of hydrogen-bond acceptors (Lipinski definition) is 3. The summed E-state index contributed by atoms with van der Waals surface area (Å²) in [4.78, 5) is 0. The van der Waals surface area contributed by atoms with E-state index in [0.29, 0.717) is 6.04 Å². The van der Waals surface area contributed by atoms with Gasteiger partial charge in [0.25, 0.3) is 0 Å². The molecule has 1 heterocycles. The van der Waals surface area contributed by atoms with Crippen LogP contribution in [0.2, 0.25) is 0 Å². The van der Waals surface area contributed by atoms with Crippen molar-refractivity contribution in [2.45, 2.75) is 36.8 Å². The SMILES string of the molecule is CCC(NC)C1SCCSC1C. The van der Waals surface area contributed by atoms with Crippen LogP contribution in [0.4, 0.5) is 0 Å². The van der Waals surface area contributed by atoms with Crippen LogP contribution in [0.25, 0.3) is 0 Å². The molecule has 3 heteroatoms. The number of thioether (sulfide) groups is 2. The third kappa shape index (κ3) is 2.57. The van der Waals surface area contributed by atoms with Gasteiger partial charge in [0.15, 0.2) is 0 Å². The summed E-state index contributed by atoms with van der Waals surface area (Å²) >= 11 is 4.27. The Bertz CT molecular complexity index is 126. The average Bonchev–Trinajstić information content (AvgIpc) is 2.10. The van der Waals surface area contributed by atoms with Gasteiger partial charge in [0.1, 0.15) is 0 Å². The molecule has 0 saturated carbocycles. The molecular formula is C9H19NS2. The van der Waals surface area contributed by atoms with E-state index < -0.39 is 0 Å². The molecular weight excluding hydrogens is 186 g/mol. The van der Waals surface area contributed by atoms with E-state index in [1.165, 1.54) is 17.9 Å². The third-order valence-corrected chi connectivity index (χ3v) is 5.70. The highest BCUT2D eigenvalue weighted by atomic mass is 32.2. The topological polar surface area (TPSA) is 12.0 Å². The van der Waals surface area contributed by atoms with Gasteiger partial charge in [-0.1, -0.05) is 13.8 Å². The van der Waals surface area contributed by atoms with Gasteiger partial charge in [-0.3, -0.25) is 0 Å². The maximum absolute atomic E-state index is 3.42. The molecule has 0 aromatic heterocycles. The van der Waals surface area contributed by atoms with Gasteiger partial charge in [0, 0.05) is 28.0 Å². The Hall–Kier alpha value is 0.660. The van der Waals surface area contributed by atoms with Crippen LogP contribution in [0, 0.1) is 0 Å². The maximum Gasteiger partial charge on any atom is 0.0317 e. The molecule has 0 bridgehead atoms. The molecule has 1 aliphatic heterocycles. The van der Waals surface area contributed by atoms with Crippen molar-refractivity contribution in [1.82, 2.24) is 5.32 Å². The largest absolute Gasteiger partial charge is 0.316 e. The summed E-state index contributed by atoms with van der Waals surface area (Å²) in [5.41, 5.74) is 0. The van der Waals surface area contributed by atoms with Crippen LogP contribution in [-0.4, -0.2) is 35.1 Å². The molecule has 1 nitrogen and oxygen atoms in total. The van der Waals surface area contributed by atoms with E-state index in [9.17, 15) is 0 Å². The fourth-order valence-electron chi connectivity index (χ4n) is 1.69. The van der Waals surface area contributed by atoms with E-state index in [1.54, 1.807) is 0 Å². The minimum absolute atomic E-state index is 0.706. The van der Waals surface area contributed by atoms with Crippen molar-refractivity contribution in [3.8, 4) is 0 Å². The molecule has 0 aromatic carbocycles. The van der Waals surface area contributed by atoms with Crippen molar-refractivity contribution >= 4 is 23.5 Å². The van der Waals surface area contributed by atoms with E-state index in [1.807, 2.05) is 0 Å². The molecule has 0 spiro atoms. The molecule has 1 aliphatic rings. The van der Waals surface area contributed by atoms with Crippen LogP contribution in [0.5, 0.6) is 0 Å². The van der Waals surface area contributed by atoms with Crippen molar-refractivity contribution in [1.29, 1.82) is 0 Å². The van der Waals surface area contributed by atoms with Crippen LogP contribution in [-0.2, 0) is 0 Å². The van der Waals surface area contributed by atoms with Gasteiger partial charge in [0.05, 0.1) is 0 Å². The monoisotopic (exact) mass is 205 g/mol. The molecule has 1 fully saturated rings. The van der Waals surface area contributed by atoms with Crippen molar-refractivity contribution in [2.75, 3.05) is 18.6 Å². The smallest absolute Gasteiger partial charge is 0.0317 e. The van der Waals surface area contributed by atoms with Crippen LogP contribution in [0.3, 0.4) is 0 Å². The van der Waals surface area contributed by atoms with Gasteiger partial charge in [0.2, 0.25) is 0 Å².